The normalized spacial score (nSPS) is 17.9. The molecule has 23 heavy (non-hydrogen) atoms. The van der Waals surface area contributed by atoms with E-state index in [1.807, 2.05) is 41.3 Å². The van der Waals surface area contributed by atoms with Crippen LogP contribution in [0.2, 0.25) is 0 Å². The standard InChI is InChI=1S/C19H21NO2S/c21-19(15-23-14-16-7-3-1-4-8-16)20-11-12-22-18(13-20)17-9-5-2-6-10-17/h1-10,18H,11-15H2. The molecule has 0 aliphatic carbocycles. The van der Waals surface area contributed by atoms with Crippen LogP contribution in [0, 0.1) is 0 Å². The van der Waals surface area contributed by atoms with Crippen LogP contribution in [0.4, 0.5) is 0 Å². The van der Waals surface area contributed by atoms with Crippen molar-refractivity contribution in [3.8, 4) is 0 Å². The molecule has 0 N–H and O–H groups in total. The number of nitrogens with zero attached hydrogens (tertiary/aromatic N) is 1. The lowest BCUT2D eigenvalue weighted by Gasteiger charge is -2.33. The average molecular weight is 327 g/mol. The Morgan fingerprint density at radius 2 is 1.78 bits per heavy atom. The summed E-state index contributed by atoms with van der Waals surface area (Å²) in [5.41, 5.74) is 2.40. The summed E-state index contributed by atoms with van der Waals surface area (Å²) >= 11 is 1.67. The molecule has 0 saturated carbocycles. The fourth-order valence-electron chi connectivity index (χ4n) is 2.67. The summed E-state index contributed by atoms with van der Waals surface area (Å²) in [5, 5.41) is 0. The molecule has 1 atom stereocenters. The molecule has 4 heteroatoms. The second kappa shape index (κ2) is 8.18. The van der Waals surface area contributed by atoms with Crippen LogP contribution in [-0.2, 0) is 15.3 Å². The van der Waals surface area contributed by atoms with Gasteiger partial charge in [0.15, 0.2) is 0 Å². The number of amides is 1. The first-order chi connectivity index (χ1) is 11.3. The summed E-state index contributed by atoms with van der Waals surface area (Å²) in [6.07, 6.45) is -0.00646. The predicted molar refractivity (Wildman–Crippen MR) is 94.3 cm³/mol. The molecule has 2 aromatic carbocycles. The van der Waals surface area contributed by atoms with Gasteiger partial charge in [-0.1, -0.05) is 60.7 Å². The molecular weight excluding hydrogens is 306 g/mol. The van der Waals surface area contributed by atoms with Gasteiger partial charge in [-0.15, -0.1) is 11.8 Å². The molecule has 1 saturated heterocycles. The molecule has 1 fully saturated rings. The highest BCUT2D eigenvalue weighted by atomic mass is 32.2. The lowest BCUT2D eigenvalue weighted by molar-refractivity contribution is -0.136. The van der Waals surface area contributed by atoms with Crippen molar-refractivity contribution in [1.82, 2.24) is 4.90 Å². The number of morpholine rings is 1. The number of carbonyl (C=O) groups excluding carboxylic acids is 1. The Balaban J connectivity index is 1.49. The third-order valence-electron chi connectivity index (χ3n) is 3.93. The molecule has 2 aromatic rings. The van der Waals surface area contributed by atoms with E-state index in [0.717, 1.165) is 11.3 Å². The molecule has 3 nitrogen and oxygen atoms in total. The zero-order valence-electron chi connectivity index (χ0n) is 13.1. The minimum Gasteiger partial charge on any atom is -0.370 e. The van der Waals surface area contributed by atoms with Crippen LogP contribution in [0.1, 0.15) is 17.2 Å². The maximum absolute atomic E-state index is 12.4. The van der Waals surface area contributed by atoms with Gasteiger partial charge in [-0.25, -0.2) is 0 Å². The SMILES string of the molecule is O=C(CSCc1ccccc1)N1CCOC(c2ccccc2)C1. The zero-order chi connectivity index (χ0) is 15.9. The Morgan fingerprint density at radius 1 is 1.09 bits per heavy atom. The van der Waals surface area contributed by atoms with E-state index in [0.29, 0.717) is 25.4 Å². The maximum Gasteiger partial charge on any atom is 0.232 e. The predicted octanol–water partition coefficient (Wildman–Crippen LogP) is 3.52. The first kappa shape index (κ1) is 16.1. The largest absolute Gasteiger partial charge is 0.370 e. The van der Waals surface area contributed by atoms with Gasteiger partial charge in [0.05, 0.1) is 18.9 Å². The van der Waals surface area contributed by atoms with E-state index in [9.17, 15) is 4.79 Å². The van der Waals surface area contributed by atoms with Gasteiger partial charge >= 0.3 is 0 Å². The van der Waals surface area contributed by atoms with Gasteiger partial charge < -0.3 is 9.64 Å². The molecule has 1 aliphatic heterocycles. The molecule has 1 aliphatic rings. The van der Waals surface area contributed by atoms with Crippen molar-refractivity contribution in [3.05, 3.63) is 71.8 Å². The quantitative estimate of drug-likeness (QED) is 0.841. The van der Waals surface area contributed by atoms with Crippen molar-refractivity contribution in [2.45, 2.75) is 11.9 Å². The molecule has 1 amide bonds. The first-order valence-corrected chi connectivity index (χ1v) is 9.04. The first-order valence-electron chi connectivity index (χ1n) is 7.89. The third-order valence-corrected chi connectivity index (χ3v) is 4.92. The topological polar surface area (TPSA) is 29.5 Å². The Bertz CT molecular complexity index is 618. The second-order valence-corrected chi connectivity index (χ2v) is 6.57. The van der Waals surface area contributed by atoms with Gasteiger partial charge in [-0.05, 0) is 11.1 Å². The minimum atomic E-state index is -0.00646. The maximum atomic E-state index is 12.4. The van der Waals surface area contributed by atoms with Gasteiger partial charge in [0.2, 0.25) is 5.91 Å². The number of ether oxygens (including phenoxy) is 1. The van der Waals surface area contributed by atoms with E-state index in [4.69, 9.17) is 4.74 Å². The van der Waals surface area contributed by atoms with Crippen molar-refractivity contribution in [1.29, 1.82) is 0 Å². The fourth-order valence-corrected chi connectivity index (χ4v) is 3.55. The highest BCUT2D eigenvalue weighted by molar-refractivity contribution is 7.99. The number of carbonyl (C=O) groups is 1. The average Bonchev–Trinajstić information content (AvgIpc) is 2.63. The van der Waals surface area contributed by atoms with Gasteiger partial charge in [0.1, 0.15) is 6.10 Å². The Hall–Kier alpha value is -1.78. The number of hydrogen-bond donors (Lipinski definition) is 0. The van der Waals surface area contributed by atoms with Gasteiger partial charge in [0, 0.05) is 12.3 Å². The lowest BCUT2D eigenvalue weighted by atomic mass is 10.1. The molecule has 0 bridgehead atoms. The van der Waals surface area contributed by atoms with E-state index in [1.54, 1.807) is 11.8 Å². The van der Waals surface area contributed by atoms with Crippen molar-refractivity contribution in [2.24, 2.45) is 0 Å². The van der Waals surface area contributed by atoms with E-state index in [2.05, 4.69) is 24.3 Å². The molecule has 0 radical (unpaired) electrons. The summed E-state index contributed by atoms with van der Waals surface area (Å²) in [6, 6.07) is 20.4. The van der Waals surface area contributed by atoms with Crippen LogP contribution in [0.3, 0.4) is 0 Å². The lowest BCUT2D eigenvalue weighted by Crippen LogP contribution is -2.43. The second-order valence-electron chi connectivity index (χ2n) is 5.59. The van der Waals surface area contributed by atoms with Crippen LogP contribution >= 0.6 is 11.8 Å². The third kappa shape index (κ3) is 4.60. The number of thioether (sulfide) groups is 1. The Morgan fingerprint density at radius 3 is 2.52 bits per heavy atom. The smallest absolute Gasteiger partial charge is 0.232 e. The van der Waals surface area contributed by atoms with E-state index < -0.39 is 0 Å². The molecule has 1 unspecified atom stereocenters. The summed E-state index contributed by atoms with van der Waals surface area (Å²) < 4.78 is 5.82. The van der Waals surface area contributed by atoms with Crippen LogP contribution < -0.4 is 0 Å². The summed E-state index contributed by atoms with van der Waals surface area (Å²) in [6.45, 7) is 1.94. The van der Waals surface area contributed by atoms with Crippen LogP contribution in [0.15, 0.2) is 60.7 Å². The van der Waals surface area contributed by atoms with Crippen molar-refractivity contribution >= 4 is 17.7 Å². The van der Waals surface area contributed by atoms with Crippen molar-refractivity contribution in [3.63, 3.8) is 0 Å². The number of rotatable bonds is 5. The van der Waals surface area contributed by atoms with E-state index in [-0.39, 0.29) is 12.0 Å². The Kier molecular flexibility index (Phi) is 5.72. The molecular formula is C19H21NO2S. The van der Waals surface area contributed by atoms with Crippen LogP contribution in [-0.4, -0.2) is 36.3 Å². The highest BCUT2D eigenvalue weighted by Crippen LogP contribution is 2.22. The van der Waals surface area contributed by atoms with Gasteiger partial charge in [-0.2, -0.15) is 0 Å². The minimum absolute atomic E-state index is 0.00646. The van der Waals surface area contributed by atoms with Gasteiger partial charge in [-0.3, -0.25) is 4.79 Å². The number of hydrogen-bond acceptors (Lipinski definition) is 3. The number of benzene rings is 2. The van der Waals surface area contributed by atoms with E-state index >= 15 is 0 Å². The van der Waals surface area contributed by atoms with E-state index in [1.165, 1.54) is 5.56 Å². The highest BCUT2D eigenvalue weighted by Gasteiger charge is 2.24. The molecule has 3 rings (SSSR count). The monoisotopic (exact) mass is 327 g/mol. The molecule has 1 heterocycles. The Labute approximate surface area is 141 Å². The van der Waals surface area contributed by atoms with Crippen LogP contribution in [0.5, 0.6) is 0 Å². The summed E-state index contributed by atoms with van der Waals surface area (Å²) in [4.78, 5) is 14.3. The molecule has 0 spiro atoms. The van der Waals surface area contributed by atoms with Crippen molar-refractivity contribution in [2.75, 3.05) is 25.4 Å². The zero-order valence-corrected chi connectivity index (χ0v) is 13.9. The molecule has 120 valence electrons. The van der Waals surface area contributed by atoms with Crippen molar-refractivity contribution < 1.29 is 9.53 Å². The molecule has 0 aromatic heterocycles. The fraction of sp³-hybridized carbons (Fsp3) is 0.316. The van der Waals surface area contributed by atoms with Crippen LogP contribution in [0.25, 0.3) is 0 Å². The summed E-state index contributed by atoms with van der Waals surface area (Å²) in [5.74, 6) is 1.60. The van der Waals surface area contributed by atoms with Gasteiger partial charge in [0.25, 0.3) is 0 Å². The summed E-state index contributed by atoms with van der Waals surface area (Å²) in [7, 11) is 0.